The number of amidine groups is 1. The molecule has 0 amide bonds. The van der Waals surface area contributed by atoms with Crippen molar-refractivity contribution in [3.63, 3.8) is 0 Å². The van der Waals surface area contributed by atoms with Gasteiger partial charge in [0, 0.05) is 24.1 Å². The van der Waals surface area contributed by atoms with Crippen molar-refractivity contribution in [2.75, 3.05) is 14.2 Å². The Hall–Kier alpha value is -2.21. The molecular formula is C15H17N3O2S. The SMILES string of the molecule is COc1cccc(N=C(N)SCc2cc(OC)ccn2)c1. The minimum absolute atomic E-state index is 0.480. The lowest BCUT2D eigenvalue weighted by Crippen LogP contribution is -2.06. The van der Waals surface area contributed by atoms with Gasteiger partial charge >= 0.3 is 0 Å². The van der Waals surface area contributed by atoms with Crippen molar-refractivity contribution in [3.05, 3.63) is 48.3 Å². The van der Waals surface area contributed by atoms with Crippen LogP contribution in [0.15, 0.2) is 47.6 Å². The van der Waals surface area contributed by atoms with Crippen LogP contribution in [0.3, 0.4) is 0 Å². The van der Waals surface area contributed by atoms with Crippen LogP contribution >= 0.6 is 11.8 Å². The molecule has 110 valence electrons. The zero-order valence-corrected chi connectivity index (χ0v) is 12.8. The molecule has 2 aromatic rings. The maximum absolute atomic E-state index is 5.93. The first kappa shape index (κ1) is 15.2. The second-order valence-electron chi connectivity index (χ2n) is 4.13. The smallest absolute Gasteiger partial charge is 0.159 e. The first-order valence-corrected chi connectivity index (χ1v) is 7.30. The van der Waals surface area contributed by atoms with E-state index in [9.17, 15) is 0 Å². The Morgan fingerprint density at radius 2 is 1.95 bits per heavy atom. The maximum Gasteiger partial charge on any atom is 0.159 e. The molecule has 0 aliphatic heterocycles. The van der Waals surface area contributed by atoms with Crippen molar-refractivity contribution in [2.45, 2.75) is 5.75 Å². The highest BCUT2D eigenvalue weighted by molar-refractivity contribution is 8.13. The van der Waals surface area contributed by atoms with E-state index < -0.39 is 0 Å². The van der Waals surface area contributed by atoms with Gasteiger partial charge in [-0.2, -0.15) is 0 Å². The number of pyridine rings is 1. The van der Waals surface area contributed by atoms with Gasteiger partial charge in [-0.05, 0) is 18.2 Å². The fourth-order valence-electron chi connectivity index (χ4n) is 1.65. The van der Waals surface area contributed by atoms with Crippen LogP contribution in [0.2, 0.25) is 0 Å². The molecule has 0 saturated heterocycles. The number of nitrogens with zero attached hydrogens (tertiary/aromatic N) is 2. The molecule has 1 aromatic carbocycles. The Kier molecular flexibility index (Phi) is 5.45. The van der Waals surface area contributed by atoms with E-state index in [4.69, 9.17) is 15.2 Å². The van der Waals surface area contributed by atoms with Gasteiger partial charge in [-0.15, -0.1) is 0 Å². The molecular weight excluding hydrogens is 286 g/mol. The molecule has 0 saturated carbocycles. The summed E-state index contributed by atoms with van der Waals surface area (Å²) >= 11 is 1.43. The van der Waals surface area contributed by atoms with E-state index in [0.717, 1.165) is 22.9 Å². The number of benzene rings is 1. The van der Waals surface area contributed by atoms with Gasteiger partial charge in [-0.3, -0.25) is 4.98 Å². The first-order valence-electron chi connectivity index (χ1n) is 6.31. The van der Waals surface area contributed by atoms with E-state index in [1.54, 1.807) is 20.4 Å². The Balaban J connectivity index is 1.99. The highest BCUT2D eigenvalue weighted by Crippen LogP contribution is 2.21. The number of hydrogen-bond donors (Lipinski definition) is 1. The molecule has 21 heavy (non-hydrogen) atoms. The third-order valence-electron chi connectivity index (χ3n) is 2.68. The topological polar surface area (TPSA) is 69.7 Å². The lowest BCUT2D eigenvalue weighted by atomic mass is 10.3. The Labute approximate surface area is 128 Å². The number of thioether (sulfide) groups is 1. The van der Waals surface area contributed by atoms with Crippen LogP contribution in [0.4, 0.5) is 5.69 Å². The summed E-state index contributed by atoms with van der Waals surface area (Å²) in [6.07, 6.45) is 1.71. The second-order valence-corrected chi connectivity index (χ2v) is 5.12. The van der Waals surface area contributed by atoms with Crippen LogP contribution in [-0.4, -0.2) is 24.4 Å². The van der Waals surface area contributed by atoms with Gasteiger partial charge in [0.15, 0.2) is 5.17 Å². The van der Waals surface area contributed by atoms with Crippen molar-refractivity contribution < 1.29 is 9.47 Å². The minimum Gasteiger partial charge on any atom is -0.497 e. The van der Waals surface area contributed by atoms with Crippen molar-refractivity contribution in [2.24, 2.45) is 10.7 Å². The molecule has 0 aliphatic rings. The molecule has 1 heterocycles. The number of aliphatic imine (C=N–C) groups is 1. The molecule has 0 spiro atoms. The molecule has 2 N–H and O–H groups in total. The third-order valence-corrected chi connectivity index (χ3v) is 3.51. The van der Waals surface area contributed by atoms with Gasteiger partial charge in [0.05, 0.1) is 25.6 Å². The molecule has 2 rings (SSSR count). The Bertz CT molecular complexity index is 632. The highest BCUT2D eigenvalue weighted by atomic mass is 32.2. The van der Waals surface area contributed by atoms with Gasteiger partial charge in [0.1, 0.15) is 11.5 Å². The van der Waals surface area contributed by atoms with Crippen molar-refractivity contribution >= 4 is 22.6 Å². The predicted octanol–water partition coefficient (Wildman–Crippen LogP) is 2.98. The molecule has 0 unspecified atom stereocenters. The minimum atomic E-state index is 0.480. The van der Waals surface area contributed by atoms with E-state index in [2.05, 4.69) is 9.98 Å². The lowest BCUT2D eigenvalue weighted by Gasteiger charge is -2.04. The summed E-state index contributed by atoms with van der Waals surface area (Å²) in [5.41, 5.74) is 7.58. The highest BCUT2D eigenvalue weighted by Gasteiger charge is 2.01. The number of methoxy groups -OCH3 is 2. The monoisotopic (exact) mass is 303 g/mol. The van der Waals surface area contributed by atoms with Gasteiger partial charge in [0.25, 0.3) is 0 Å². The zero-order chi connectivity index (χ0) is 15.1. The average Bonchev–Trinajstić information content (AvgIpc) is 2.53. The Morgan fingerprint density at radius 1 is 1.19 bits per heavy atom. The van der Waals surface area contributed by atoms with Gasteiger partial charge in [-0.1, -0.05) is 17.8 Å². The van der Waals surface area contributed by atoms with Crippen molar-refractivity contribution in [3.8, 4) is 11.5 Å². The molecule has 1 aromatic heterocycles. The fraction of sp³-hybridized carbons (Fsp3) is 0.200. The molecule has 0 fully saturated rings. The van der Waals surface area contributed by atoms with E-state index >= 15 is 0 Å². The summed E-state index contributed by atoms with van der Waals surface area (Å²) in [5.74, 6) is 2.17. The standard InChI is InChI=1S/C15H17N3O2S/c1-19-13-5-3-4-11(8-13)18-15(16)21-10-12-9-14(20-2)6-7-17-12/h3-9H,10H2,1-2H3,(H2,16,18). The van der Waals surface area contributed by atoms with Crippen LogP contribution in [0.25, 0.3) is 0 Å². The van der Waals surface area contributed by atoms with E-state index in [1.165, 1.54) is 11.8 Å². The van der Waals surface area contributed by atoms with E-state index in [0.29, 0.717) is 10.9 Å². The van der Waals surface area contributed by atoms with Gasteiger partial charge in [0.2, 0.25) is 0 Å². The summed E-state index contributed by atoms with van der Waals surface area (Å²) in [5, 5.41) is 0.480. The number of rotatable bonds is 5. The fourth-order valence-corrected chi connectivity index (χ4v) is 2.27. The summed E-state index contributed by atoms with van der Waals surface area (Å²) in [6.45, 7) is 0. The van der Waals surface area contributed by atoms with Crippen molar-refractivity contribution in [1.82, 2.24) is 4.98 Å². The normalized spacial score (nSPS) is 11.2. The quantitative estimate of drug-likeness (QED) is 0.679. The molecule has 0 radical (unpaired) electrons. The van der Waals surface area contributed by atoms with Crippen LogP contribution in [-0.2, 0) is 5.75 Å². The zero-order valence-electron chi connectivity index (χ0n) is 11.9. The van der Waals surface area contributed by atoms with Crippen LogP contribution in [0, 0.1) is 0 Å². The number of ether oxygens (including phenoxy) is 2. The number of aromatic nitrogens is 1. The molecule has 5 nitrogen and oxygen atoms in total. The summed E-state index contributed by atoms with van der Waals surface area (Å²) < 4.78 is 10.3. The molecule has 0 bridgehead atoms. The number of nitrogens with two attached hydrogens (primary N) is 1. The largest absolute Gasteiger partial charge is 0.497 e. The Morgan fingerprint density at radius 3 is 2.71 bits per heavy atom. The first-order chi connectivity index (χ1) is 10.2. The van der Waals surface area contributed by atoms with Crippen LogP contribution in [0.1, 0.15) is 5.69 Å². The molecule has 0 atom stereocenters. The van der Waals surface area contributed by atoms with Crippen LogP contribution < -0.4 is 15.2 Å². The summed E-state index contributed by atoms with van der Waals surface area (Å²) in [4.78, 5) is 8.61. The van der Waals surface area contributed by atoms with E-state index in [1.807, 2.05) is 36.4 Å². The third kappa shape index (κ3) is 4.68. The lowest BCUT2D eigenvalue weighted by molar-refractivity contribution is 0.413. The molecule has 6 heteroatoms. The number of hydrogen-bond acceptors (Lipinski definition) is 5. The maximum atomic E-state index is 5.93. The second kappa shape index (κ2) is 7.54. The van der Waals surface area contributed by atoms with Crippen LogP contribution in [0.5, 0.6) is 11.5 Å². The predicted molar refractivity (Wildman–Crippen MR) is 86.4 cm³/mol. The summed E-state index contributed by atoms with van der Waals surface area (Å²) in [7, 11) is 3.25. The summed E-state index contributed by atoms with van der Waals surface area (Å²) in [6, 6.07) is 11.1. The van der Waals surface area contributed by atoms with Crippen molar-refractivity contribution in [1.29, 1.82) is 0 Å². The van der Waals surface area contributed by atoms with Gasteiger partial charge in [-0.25, -0.2) is 4.99 Å². The molecule has 0 aliphatic carbocycles. The average molecular weight is 303 g/mol. The van der Waals surface area contributed by atoms with Gasteiger partial charge < -0.3 is 15.2 Å². The van der Waals surface area contributed by atoms with E-state index in [-0.39, 0.29) is 0 Å².